The zero-order chi connectivity index (χ0) is 21.8. The van der Waals surface area contributed by atoms with Crippen molar-refractivity contribution in [2.45, 2.75) is 13.8 Å². The summed E-state index contributed by atoms with van der Waals surface area (Å²) in [6.45, 7) is 3.90. The molecule has 3 aromatic rings. The van der Waals surface area contributed by atoms with E-state index in [-0.39, 0.29) is 10.6 Å². The van der Waals surface area contributed by atoms with Crippen molar-refractivity contribution in [3.05, 3.63) is 81.1 Å². The Bertz CT molecular complexity index is 1170. The van der Waals surface area contributed by atoms with Crippen LogP contribution in [0.3, 0.4) is 0 Å². The van der Waals surface area contributed by atoms with Gasteiger partial charge in [-0.25, -0.2) is 0 Å². The minimum absolute atomic E-state index is 0.0407. The van der Waals surface area contributed by atoms with E-state index in [1.807, 2.05) is 54.8 Å². The van der Waals surface area contributed by atoms with E-state index in [0.717, 1.165) is 28.4 Å². The van der Waals surface area contributed by atoms with E-state index in [0.29, 0.717) is 10.7 Å². The van der Waals surface area contributed by atoms with Crippen LogP contribution >= 0.6 is 23.2 Å². The standard InChI is InChI=1S/C23H19Cl2N3O2/c1-14-11-16(15(2)28(14)18-7-9-19(30-3)10-8-18)12-17(13-26)23(29)27-21-6-4-5-20(24)22(21)25/h4-12H,1-3H3,(H,27,29)/b17-12-. The van der Waals surface area contributed by atoms with Gasteiger partial charge in [-0.3, -0.25) is 4.79 Å². The molecule has 0 atom stereocenters. The van der Waals surface area contributed by atoms with Crippen LogP contribution in [0.1, 0.15) is 17.0 Å². The first-order chi connectivity index (χ1) is 14.3. The number of benzene rings is 2. The number of carbonyl (C=O) groups is 1. The van der Waals surface area contributed by atoms with E-state index < -0.39 is 5.91 Å². The number of nitrogens with zero attached hydrogens (tertiary/aromatic N) is 2. The average molecular weight is 440 g/mol. The second-order valence-electron chi connectivity index (χ2n) is 6.59. The van der Waals surface area contributed by atoms with Crippen molar-refractivity contribution in [3.8, 4) is 17.5 Å². The lowest BCUT2D eigenvalue weighted by Gasteiger charge is -2.10. The molecule has 0 aliphatic heterocycles. The third-order valence-electron chi connectivity index (χ3n) is 4.67. The number of hydrogen-bond acceptors (Lipinski definition) is 3. The van der Waals surface area contributed by atoms with Gasteiger partial charge in [0.2, 0.25) is 0 Å². The van der Waals surface area contributed by atoms with Crippen LogP contribution in [0.25, 0.3) is 11.8 Å². The van der Waals surface area contributed by atoms with Crippen molar-refractivity contribution in [1.29, 1.82) is 5.26 Å². The summed E-state index contributed by atoms with van der Waals surface area (Å²) in [5.74, 6) is 0.209. The van der Waals surface area contributed by atoms with E-state index >= 15 is 0 Å². The Morgan fingerprint density at radius 3 is 2.50 bits per heavy atom. The highest BCUT2D eigenvalue weighted by Crippen LogP contribution is 2.30. The maximum atomic E-state index is 12.6. The van der Waals surface area contributed by atoms with Crippen molar-refractivity contribution in [1.82, 2.24) is 4.57 Å². The Hall–Kier alpha value is -3.20. The third kappa shape index (κ3) is 4.35. The smallest absolute Gasteiger partial charge is 0.266 e. The lowest BCUT2D eigenvalue weighted by molar-refractivity contribution is -0.112. The van der Waals surface area contributed by atoms with Crippen LogP contribution in [0.5, 0.6) is 5.75 Å². The number of aromatic nitrogens is 1. The summed E-state index contributed by atoms with van der Waals surface area (Å²) in [5.41, 5.74) is 3.91. The summed E-state index contributed by atoms with van der Waals surface area (Å²) < 4.78 is 7.26. The lowest BCUT2D eigenvalue weighted by atomic mass is 10.1. The summed E-state index contributed by atoms with van der Waals surface area (Å²) in [4.78, 5) is 12.6. The number of nitriles is 1. The third-order valence-corrected chi connectivity index (χ3v) is 5.48. The van der Waals surface area contributed by atoms with E-state index in [4.69, 9.17) is 27.9 Å². The monoisotopic (exact) mass is 439 g/mol. The number of rotatable bonds is 5. The molecule has 30 heavy (non-hydrogen) atoms. The molecule has 0 saturated heterocycles. The molecule has 1 N–H and O–H groups in total. The summed E-state index contributed by atoms with van der Waals surface area (Å²) in [6.07, 6.45) is 1.57. The molecule has 0 saturated carbocycles. The van der Waals surface area contributed by atoms with Gasteiger partial charge >= 0.3 is 0 Å². The molecule has 1 aromatic heterocycles. The molecule has 0 aliphatic carbocycles. The Kier molecular flexibility index (Phi) is 6.51. The van der Waals surface area contributed by atoms with Crippen LogP contribution in [0.4, 0.5) is 5.69 Å². The zero-order valence-electron chi connectivity index (χ0n) is 16.7. The fourth-order valence-electron chi connectivity index (χ4n) is 3.16. The molecule has 7 heteroatoms. The minimum atomic E-state index is -0.559. The number of methoxy groups -OCH3 is 1. The Labute approximate surface area is 185 Å². The van der Waals surface area contributed by atoms with Gasteiger partial charge in [-0.2, -0.15) is 5.26 Å². The Balaban J connectivity index is 1.93. The first kappa shape index (κ1) is 21.5. The maximum absolute atomic E-state index is 12.6. The highest BCUT2D eigenvalue weighted by Gasteiger charge is 2.15. The van der Waals surface area contributed by atoms with E-state index in [9.17, 15) is 10.1 Å². The summed E-state index contributed by atoms with van der Waals surface area (Å²) in [6, 6.07) is 16.5. The van der Waals surface area contributed by atoms with Crippen molar-refractivity contribution >= 4 is 40.9 Å². The number of ether oxygens (including phenoxy) is 1. The molecular formula is C23H19Cl2N3O2. The summed E-state index contributed by atoms with van der Waals surface area (Å²) in [7, 11) is 1.62. The molecule has 5 nitrogen and oxygen atoms in total. The van der Waals surface area contributed by atoms with Gasteiger partial charge in [0.25, 0.3) is 5.91 Å². The van der Waals surface area contributed by atoms with Crippen LogP contribution < -0.4 is 10.1 Å². The molecule has 152 valence electrons. The lowest BCUT2D eigenvalue weighted by Crippen LogP contribution is -2.13. The number of anilines is 1. The second-order valence-corrected chi connectivity index (χ2v) is 7.37. The average Bonchev–Trinajstić information content (AvgIpc) is 3.02. The zero-order valence-corrected chi connectivity index (χ0v) is 18.2. The van der Waals surface area contributed by atoms with Gasteiger partial charge in [0, 0.05) is 17.1 Å². The topological polar surface area (TPSA) is 67.0 Å². The largest absolute Gasteiger partial charge is 0.497 e. The van der Waals surface area contributed by atoms with Crippen LogP contribution in [-0.2, 0) is 4.79 Å². The van der Waals surface area contributed by atoms with Crippen molar-refractivity contribution in [2.24, 2.45) is 0 Å². The van der Waals surface area contributed by atoms with Crippen molar-refractivity contribution < 1.29 is 9.53 Å². The molecule has 1 amide bonds. The van der Waals surface area contributed by atoms with Gasteiger partial charge in [-0.1, -0.05) is 29.3 Å². The van der Waals surface area contributed by atoms with Gasteiger partial charge in [-0.15, -0.1) is 0 Å². The van der Waals surface area contributed by atoms with E-state index in [1.54, 1.807) is 31.4 Å². The van der Waals surface area contributed by atoms with Crippen molar-refractivity contribution in [3.63, 3.8) is 0 Å². The second kappa shape index (κ2) is 9.08. The minimum Gasteiger partial charge on any atom is -0.497 e. The van der Waals surface area contributed by atoms with Gasteiger partial charge in [0.15, 0.2) is 0 Å². The van der Waals surface area contributed by atoms with Gasteiger partial charge in [0.05, 0.1) is 22.8 Å². The predicted octanol–water partition coefficient (Wildman–Crippen LogP) is 5.96. The van der Waals surface area contributed by atoms with Crippen LogP contribution in [0.2, 0.25) is 10.0 Å². The van der Waals surface area contributed by atoms with E-state index in [2.05, 4.69) is 5.32 Å². The molecule has 0 unspecified atom stereocenters. The molecule has 0 radical (unpaired) electrons. The highest BCUT2D eigenvalue weighted by atomic mass is 35.5. The fourth-order valence-corrected chi connectivity index (χ4v) is 3.50. The molecule has 0 fully saturated rings. The number of carbonyl (C=O) groups excluding carboxylic acids is 1. The van der Waals surface area contributed by atoms with Crippen LogP contribution in [0.15, 0.2) is 54.1 Å². The molecule has 2 aromatic carbocycles. The fraction of sp³-hybridized carbons (Fsp3) is 0.130. The van der Waals surface area contributed by atoms with Crippen LogP contribution in [0, 0.1) is 25.2 Å². The Morgan fingerprint density at radius 1 is 1.17 bits per heavy atom. The first-order valence-corrected chi connectivity index (χ1v) is 9.81. The molecular weight excluding hydrogens is 421 g/mol. The van der Waals surface area contributed by atoms with Gasteiger partial charge in [-0.05, 0) is 68.0 Å². The summed E-state index contributed by atoms with van der Waals surface area (Å²) in [5, 5.41) is 12.7. The number of nitrogens with one attached hydrogen (secondary N) is 1. The SMILES string of the molecule is COc1ccc(-n2c(C)cc(/C=C(/C#N)C(=O)Nc3cccc(Cl)c3Cl)c2C)cc1. The molecule has 0 aliphatic rings. The number of amides is 1. The maximum Gasteiger partial charge on any atom is 0.266 e. The van der Waals surface area contributed by atoms with Gasteiger partial charge < -0.3 is 14.6 Å². The summed E-state index contributed by atoms with van der Waals surface area (Å²) >= 11 is 12.1. The quantitative estimate of drug-likeness (QED) is 0.394. The van der Waals surface area contributed by atoms with Gasteiger partial charge in [0.1, 0.15) is 17.4 Å². The number of hydrogen-bond donors (Lipinski definition) is 1. The highest BCUT2D eigenvalue weighted by molar-refractivity contribution is 6.44. The molecule has 1 heterocycles. The van der Waals surface area contributed by atoms with Crippen molar-refractivity contribution in [2.75, 3.05) is 12.4 Å². The molecule has 0 bridgehead atoms. The first-order valence-electron chi connectivity index (χ1n) is 9.06. The number of aryl methyl sites for hydroxylation is 1. The van der Waals surface area contributed by atoms with E-state index in [1.165, 1.54) is 0 Å². The number of halogens is 2. The van der Waals surface area contributed by atoms with Crippen LogP contribution in [-0.4, -0.2) is 17.6 Å². The normalized spacial score (nSPS) is 11.1. The Morgan fingerprint density at radius 2 is 1.87 bits per heavy atom. The predicted molar refractivity (Wildman–Crippen MR) is 120 cm³/mol. The molecule has 0 spiro atoms. The molecule has 3 rings (SSSR count).